The van der Waals surface area contributed by atoms with Gasteiger partial charge in [0.25, 0.3) is 0 Å². The van der Waals surface area contributed by atoms with Gasteiger partial charge < -0.3 is 19.1 Å². The highest BCUT2D eigenvalue weighted by atomic mass is 16.5. The molecular formula is C16H25N2O3+. The summed E-state index contributed by atoms with van der Waals surface area (Å²) in [5, 5.41) is 0. The van der Waals surface area contributed by atoms with Crippen LogP contribution in [-0.2, 0) is 0 Å². The van der Waals surface area contributed by atoms with Gasteiger partial charge in [0.05, 0.1) is 26.9 Å². The number of methoxy groups -OCH3 is 3. The molecule has 0 aromatic heterocycles. The lowest BCUT2D eigenvalue weighted by atomic mass is 10.1. The Morgan fingerprint density at radius 2 is 1.52 bits per heavy atom. The van der Waals surface area contributed by atoms with Crippen LogP contribution in [0.1, 0.15) is 5.56 Å². The molecule has 0 radical (unpaired) electrons. The molecule has 0 fully saturated rings. The second-order valence-electron chi connectivity index (χ2n) is 5.05. The summed E-state index contributed by atoms with van der Waals surface area (Å²) in [6, 6.07) is 3.88. The highest BCUT2D eigenvalue weighted by molar-refractivity contribution is 6.07. The van der Waals surface area contributed by atoms with Crippen LogP contribution >= 0.6 is 0 Å². The summed E-state index contributed by atoms with van der Waals surface area (Å²) in [6.07, 6.45) is 4.08. The molecule has 1 rings (SSSR count). The van der Waals surface area contributed by atoms with Crippen molar-refractivity contribution in [3.05, 3.63) is 23.9 Å². The molecule has 0 amide bonds. The Hall–Kier alpha value is -2.17. The number of allylic oxidation sites excluding steroid dienone is 1. The van der Waals surface area contributed by atoms with Crippen LogP contribution in [0, 0.1) is 0 Å². The van der Waals surface area contributed by atoms with Crippen molar-refractivity contribution < 1.29 is 18.8 Å². The van der Waals surface area contributed by atoms with Crippen molar-refractivity contribution in [1.29, 1.82) is 0 Å². The summed E-state index contributed by atoms with van der Waals surface area (Å²) in [4.78, 5) is 2.00. The summed E-state index contributed by atoms with van der Waals surface area (Å²) in [6.45, 7) is 0. The second-order valence-corrected chi connectivity index (χ2v) is 5.05. The third-order valence-corrected chi connectivity index (χ3v) is 2.79. The van der Waals surface area contributed by atoms with E-state index >= 15 is 0 Å². The van der Waals surface area contributed by atoms with Gasteiger partial charge in [0.15, 0.2) is 17.7 Å². The zero-order chi connectivity index (χ0) is 16.0. The van der Waals surface area contributed by atoms with Crippen molar-refractivity contribution in [2.24, 2.45) is 0 Å². The van der Waals surface area contributed by atoms with Crippen LogP contribution in [0.4, 0.5) is 0 Å². The summed E-state index contributed by atoms with van der Waals surface area (Å²) in [5.74, 6) is 1.88. The zero-order valence-corrected chi connectivity index (χ0v) is 13.9. The molecular weight excluding hydrogens is 268 g/mol. The Morgan fingerprint density at radius 1 is 1.00 bits per heavy atom. The molecule has 0 heterocycles. The molecule has 0 saturated carbocycles. The van der Waals surface area contributed by atoms with Gasteiger partial charge in [-0.3, -0.25) is 0 Å². The predicted octanol–water partition coefficient (Wildman–Crippen LogP) is 1.96. The third kappa shape index (κ3) is 4.41. The lowest BCUT2D eigenvalue weighted by molar-refractivity contribution is -0.458. The minimum Gasteiger partial charge on any atom is -0.493 e. The van der Waals surface area contributed by atoms with Crippen molar-refractivity contribution in [2.45, 2.75) is 0 Å². The summed E-state index contributed by atoms with van der Waals surface area (Å²) in [7, 11) is 12.8. The van der Waals surface area contributed by atoms with Gasteiger partial charge in [0.2, 0.25) is 5.75 Å². The zero-order valence-electron chi connectivity index (χ0n) is 13.9. The largest absolute Gasteiger partial charge is 0.493 e. The van der Waals surface area contributed by atoms with E-state index < -0.39 is 0 Å². The van der Waals surface area contributed by atoms with E-state index in [2.05, 4.69) is 0 Å². The number of rotatable bonds is 6. The molecule has 0 unspecified atom stereocenters. The van der Waals surface area contributed by atoms with Gasteiger partial charge in [0, 0.05) is 20.3 Å². The van der Waals surface area contributed by atoms with E-state index in [0.717, 1.165) is 11.1 Å². The maximum Gasteiger partial charge on any atom is 0.203 e. The van der Waals surface area contributed by atoms with Gasteiger partial charge in [-0.05, 0) is 17.7 Å². The lowest BCUT2D eigenvalue weighted by Gasteiger charge is -2.15. The molecule has 21 heavy (non-hydrogen) atoms. The van der Waals surface area contributed by atoms with Crippen molar-refractivity contribution in [1.82, 2.24) is 4.90 Å². The fourth-order valence-electron chi connectivity index (χ4n) is 1.99. The highest BCUT2D eigenvalue weighted by Crippen LogP contribution is 2.39. The molecule has 116 valence electrons. The molecule has 0 bridgehead atoms. The van der Waals surface area contributed by atoms with E-state index in [1.807, 2.05) is 62.2 Å². The first-order valence-corrected chi connectivity index (χ1v) is 6.62. The predicted molar refractivity (Wildman–Crippen MR) is 85.9 cm³/mol. The molecule has 1 aromatic carbocycles. The first-order chi connectivity index (χ1) is 9.92. The van der Waals surface area contributed by atoms with Crippen LogP contribution in [0.15, 0.2) is 18.3 Å². The van der Waals surface area contributed by atoms with Crippen LogP contribution in [-0.4, -0.2) is 65.2 Å². The summed E-state index contributed by atoms with van der Waals surface area (Å²) in [5.41, 5.74) is 2.04. The first-order valence-electron chi connectivity index (χ1n) is 6.62. The normalized spacial score (nSPS) is 10.9. The van der Waals surface area contributed by atoms with E-state index in [9.17, 15) is 0 Å². The van der Waals surface area contributed by atoms with E-state index in [0.29, 0.717) is 17.2 Å². The Labute approximate surface area is 127 Å². The molecule has 0 aliphatic heterocycles. The molecule has 5 heteroatoms. The van der Waals surface area contributed by atoms with Crippen LogP contribution < -0.4 is 14.2 Å². The number of hydrogen-bond acceptors (Lipinski definition) is 4. The van der Waals surface area contributed by atoms with Gasteiger partial charge in [-0.15, -0.1) is 0 Å². The smallest absolute Gasteiger partial charge is 0.203 e. The quantitative estimate of drug-likeness (QED) is 0.593. The number of hydrogen-bond donors (Lipinski definition) is 0. The fraction of sp³-hybridized carbons (Fsp3) is 0.438. The number of nitrogens with zero attached hydrogens (tertiary/aromatic N) is 2. The van der Waals surface area contributed by atoms with Crippen LogP contribution in [0.2, 0.25) is 0 Å². The summed E-state index contributed by atoms with van der Waals surface area (Å²) < 4.78 is 18.2. The van der Waals surface area contributed by atoms with Gasteiger partial charge in [-0.1, -0.05) is 0 Å². The standard InChI is InChI=1S/C16H25N2O3/c1-17(2)10-13(11-18(3)4)12-8-14(19-5)16(21-7)15(9-12)20-6/h8-11H,1-7H3/q+1. The average Bonchev–Trinajstić information content (AvgIpc) is 2.43. The molecule has 1 aromatic rings. The molecule has 0 spiro atoms. The van der Waals surface area contributed by atoms with E-state index in [1.165, 1.54) is 0 Å². The van der Waals surface area contributed by atoms with Crippen molar-refractivity contribution in [2.75, 3.05) is 49.5 Å². The number of benzene rings is 1. The lowest BCUT2D eigenvalue weighted by Crippen LogP contribution is -2.07. The SMILES string of the molecule is COc1cc(/C(C=[N+](C)C)=C\N(C)C)cc(OC)c1OC. The highest BCUT2D eigenvalue weighted by Gasteiger charge is 2.15. The third-order valence-electron chi connectivity index (χ3n) is 2.79. The molecule has 0 atom stereocenters. The van der Waals surface area contributed by atoms with Gasteiger partial charge >= 0.3 is 0 Å². The van der Waals surface area contributed by atoms with Gasteiger partial charge in [-0.2, -0.15) is 0 Å². The Morgan fingerprint density at radius 3 is 1.86 bits per heavy atom. The second kappa shape index (κ2) is 7.57. The van der Waals surface area contributed by atoms with Crippen molar-refractivity contribution in [3.8, 4) is 17.2 Å². The van der Waals surface area contributed by atoms with E-state index in [4.69, 9.17) is 14.2 Å². The Balaban J connectivity index is 3.49. The van der Waals surface area contributed by atoms with Crippen molar-refractivity contribution in [3.63, 3.8) is 0 Å². The molecule has 0 N–H and O–H groups in total. The first kappa shape index (κ1) is 16.9. The Bertz CT molecular complexity index is 519. The summed E-state index contributed by atoms with van der Waals surface area (Å²) >= 11 is 0. The molecule has 5 nitrogen and oxygen atoms in total. The minimum atomic E-state index is 0.595. The fourth-order valence-corrected chi connectivity index (χ4v) is 1.99. The molecule has 0 saturated heterocycles. The number of ether oxygens (including phenoxy) is 3. The minimum absolute atomic E-state index is 0.595. The van der Waals surface area contributed by atoms with E-state index in [1.54, 1.807) is 21.3 Å². The maximum atomic E-state index is 5.41. The Kier molecular flexibility index (Phi) is 6.09. The van der Waals surface area contributed by atoms with Crippen LogP contribution in [0.25, 0.3) is 5.57 Å². The monoisotopic (exact) mass is 293 g/mol. The molecule has 0 aliphatic rings. The molecule has 0 aliphatic carbocycles. The maximum absolute atomic E-state index is 5.41. The van der Waals surface area contributed by atoms with Crippen molar-refractivity contribution >= 4 is 11.8 Å². The van der Waals surface area contributed by atoms with Gasteiger partial charge in [-0.25, -0.2) is 4.58 Å². The topological polar surface area (TPSA) is 33.9 Å². The van der Waals surface area contributed by atoms with Crippen LogP contribution in [0.5, 0.6) is 17.2 Å². The van der Waals surface area contributed by atoms with Crippen LogP contribution in [0.3, 0.4) is 0 Å². The van der Waals surface area contributed by atoms with E-state index in [-0.39, 0.29) is 0 Å². The van der Waals surface area contributed by atoms with Gasteiger partial charge in [0.1, 0.15) is 14.1 Å². The average molecular weight is 293 g/mol.